The maximum atomic E-state index is 14.9. The maximum Gasteiger partial charge on any atom is 0.339 e. The van der Waals surface area contributed by atoms with E-state index >= 15 is 0 Å². The van der Waals surface area contributed by atoms with E-state index in [2.05, 4.69) is 20.7 Å². The molecular weight excluding hydrogens is 543 g/mol. The monoisotopic (exact) mass is 555 g/mol. The number of rotatable bonds is 3. The first-order valence-corrected chi connectivity index (χ1v) is 11.0. The summed E-state index contributed by atoms with van der Waals surface area (Å²) in [5, 5.41) is -0.218. The van der Waals surface area contributed by atoms with Crippen molar-refractivity contribution in [1.29, 1.82) is 0 Å². The first-order valence-electron chi connectivity index (χ1n) is 9.47. The van der Waals surface area contributed by atoms with E-state index in [0.717, 1.165) is 18.2 Å². The molecule has 1 aliphatic heterocycles. The summed E-state index contributed by atoms with van der Waals surface area (Å²) in [5.41, 5.74) is 1.29. The van der Waals surface area contributed by atoms with Crippen molar-refractivity contribution in [2.45, 2.75) is 6.54 Å². The second-order valence-electron chi connectivity index (χ2n) is 7.12. The number of nitrogens with zero attached hydrogens (tertiary/aromatic N) is 1. The molecule has 170 valence electrons. The molecule has 0 aromatic heterocycles. The first-order chi connectivity index (χ1) is 15.7. The predicted molar refractivity (Wildman–Crippen MR) is 123 cm³/mol. The van der Waals surface area contributed by atoms with Crippen LogP contribution in [0.5, 0.6) is 5.75 Å². The van der Waals surface area contributed by atoms with Crippen LogP contribution in [-0.4, -0.2) is 30.6 Å². The highest BCUT2D eigenvalue weighted by atomic mass is 79.9. The van der Waals surface area contributed by atoms with Gasteiger partial charge in [0.25, 0.3) is 5.91 Å². The topological polar surface area (TPSA) is 55.8 Å². The zero-order valence-corrected chi connectivity index (χ0v) is 20.0. The number of carbonyl (C=O) groups is 2. The number of ether oxygens (including phenoxy) is 2. The second kappa shape index (κ2) is 9.29. The number of fused-ring (bicyclic) bond motifs is 1. The first kappa shape index (κ1) is 23.5. The Morgan fingerprint density at radius 1 is 1.09 bits per heavy atom. The third-order valence-electron chi connectivity index (χ3n) is 5.08. The molecule has 1 amide bonds. The molecule has 33 heavy (non-hydrogen) atoms. The van der Waals surface area contributed by atoms with Crippen LogP contribution in [0.4, 0.5) is 8.78 Å². The van der Waals surface area contributed by atoms with E-state index in [-0.39, 0.29) is 40.0 Å². The number of hydrogen-bond acceptors (Lipinski definition) is 4. The lowest BCUT2D eigenvalue weighted by Crippen LogP contribution is -2.37. The summed E-state index contributed by atoms with van der Waals surface area (Å²) in [4.78, 5) is 26.2. The molecule has 5 nitrogen and oxygen atoms in total. The summed E-state index contributed by atoms with van der Waals surface area (Å²) in [7, 11) is 1.21. The number of para-hydroxylation sites is 1. The summed E-state index contributed by atoms with van der Waals surface area (Å²) in [5.74, 6) is -2.10. The SMILES string of the molecule is COC(=O)c1cc(F)c(-c2cccc3c2OCN(C(=O)c2c(Cl)cc(F)cc2Cl)C3)cc1Br. The molecular formula is C23H14BrCl2F2NO4. The van der Waals surface area contributed by atoms with Gasteiger partial charge in [-0.3, -0.25) is 4.79 Å². The van der Waals surface area contributed by atoms with E-state index < -0.39 is 23.5 Å². The highest BCUT2D eigenvalue weighted by molar-refractivity contribution is 9.10. The van der Waals surface area contributed by atoms with Gasteiger partial charge in [-0.15, -0.1) is 0 Å². The molecule has 0 atom stereocenters. The average molecular weight is 557 g/mol. The average Bonchev–Trinajstić information content (AvgIpc) is 2.78. The van der Waals surface area contributed by atoms with Crippen molar-refractivity contribution in [3.63, 3.8) is 0 Å². The van der Waals surface area contributed by atoms with Gasteiger partial charge in [0.05, 0.1) is 34.8 Å². The zero-order chi connectivity index (χ0) is 23.9. The van der Waals surface area contributed by atoms with E-state index in [1.807, 2.05) is 0 Å². The number of amides is 1. The Bertz CT molecular complexity index is 1280. The van der Waals surface area contributed by atoms with Crippen LogP contribution in [0.25, 0.3) is 11.1 Å². The molecule has 0 saturated heterocycles. The van der Waals surface area contributed by atoms with Crippen molar-refractivity contribution in [1.82, 2.24) is 4.90 Å². The minimum absolute atomic E-state index is 0.0312. The van der Waals surface area contributed by atoms with E-state index in [0.29, 0.717) is 21.3 Å². The molecule has 1 aliphatic rings. The van der Waals surface area contributed by atoms with Gasteiger partial charge in [-0.05, 0) is 40.2 Å². The van der Waals surface area contributed by atoms with Crippen LogP contribution in [0.3, 0.4) is 0 Å². The molecule has 0 bridgehead atoms. The van der Waals surface area contributed by atoms with Gasteiger partial charge in [-0.25, -0.2) is 13.6 Å². The molecule has 1 heterocycles. The summed E-state index contributed by atoms with van der Waals surface area (Å²) in [6.45, 7) is -0.0228. The Kier molecular flexibility index (Phi) is 6.61. The molecule has 0 saturated carbocycles. The van der Waals surface area contributed by atoms with Crippen molar-refractivity contribution in [2.24, 2.45) is 0 Å². The van der Waals surface area contributed by atoms with Crippen LogP contribution in [0.1, 0.15) is 26.3 Å². The van der Waals surface area contributed by atoms with Crippen molar-refractivity contribution >= 4 is 51.0 Å². The minimum atomic E-state index is -0.675. The van der Waals surface area contributed by atoms with Gasteiger partial charge in [-0.2, -0.15) is 0 Å². The van der Waals surface area contributed by atoms with Crippen LogP contribution in [0.2, 0.25) is 10.0 Å². The number of benzene rings is 3. The molecule has 0 aliphatic carbocycles. The van der Waals surface area contributed by atoms with Crippen LogP contribution < -0.4 is 4.74 Å². The standard InChI is InChI=1S/C23H14BrCl2F2NO4/c1-32-23(31)15-8-19(28)14(7-16(15)24)13-4-2-3-11-9-29(10-33-21(11)13)22(30)20-17(25)5-12(27)6-18(20)26/h2-8H,9-10H2,1H3. The molecule has 3 aromatic carbocycles. The Morgan fingerprint density at radius 2 is 1.79 bits per heavy atom. The normalized spacial score (nSPS) is 12.7. The molecule has 0 N–H and O–H groups in total. The molecule has 0 unspecified atom stereocenters. The number of hydrogen-bond donors (Lipinski definition) is 0. The van der Waals surface area contributed by atoms with E-state index in [1.165, 1.54) is 18.1 Å². The third-order valence-corrected chi connectivity index (χ3v) is 6.33. The number of carbonyl (C=O) groups excluding carboxylic acids is 2. The fourth-order valence-electron chi connectivity index (χ4n) is 3.54. The van der Waals surface area contributed by atoms with E-state index in [1.54, 1.807) is 18.2 Å². The third kappa shape index (κ3) is 4.43. The maximum absolute atomic E-state index is 14.9. The lowest BCUT2D eigenvalue weighted by Gasteiger charge is -2.31. The zero-order valence-electron chi connectivity index (χ0n) is 16.9. The lowest BCUT2D eigenvalue weighted by molar-refractivity contribution is 0.0515. The fraction of sp³-hybridized carbons (Fsp3) is 0.130. The van der Waals surface area contributed by atoms with Gasteiger partial charge >= 0.3 is 5.97 Å². The minimum Gasteiger partial charge on any atom is -0.472 e. The molecule has 0 radical (unpaired) electrons. The smallest absolute Gasteiger partial charge is 0.339 e. The molecule has 10 heteroatoms. The van der Waals surface area contributed by atoms with Gasteiger partial charge in [0, 0.05) is 21.2 Å². The number of halogens is 5. The van der Waals surface area contributed by atoms with Crippen LogP contribution in [0, 0.1) is 11.6 Å². The lowest BCUT2D eigenvalue weighted by atomic mass is 9.98. The molecule has 4 rings (SSSR count). The highest BCUT2D eigenvalue weighted by Gasteiger charge is 2.29. The van der Waals surface area contributed by atoms with Gasteiger partial charge in [0.15, 0.2) is 6.73 Å². The van der Waals surface area contributed by atoms with Crippen molar-refractivity contribution in [2.75, 3.05) is 13.8 Å². The Morgan fingerprint density at radius 3 is 2.45 bits per heavy atom. The Labute approximate surface area is 205 Å². The van der Waals surface area contributed by atoms with Gasteiger partial charge in [-0.1, -0.05) is 41.4 Å². The highest BCUT2D eigenvalue weighted by Crippen LogP contribution is 2.40. The summed E-state index contributed by atoms with van der Waals surface area (Å²) in [6.07, 6.45) is 0. The van der Waals surface area contributed by atoms with E-state index in [4.69, 9.17) is 27.9 Å². The molecule has 0 fully saturated rings. The molecule has 3 aromatic rings. The predicted octanol–water partition coefficient (Wildman–Crippen LogP) is 6.48. The fourth-order valence-corrected chi connectivity index (χ4v) is 4.67. The van der Waals surface area contributed by atoms with Crippen LogP contribution in [-0.2, 0) is 11.3 Å². The second-order valence-corrected chi connectivity index (χ2v) is 8.79. The summed E-state index contributed by atoms with van der Waals surface area (Å²) >= 11 is 15.4. The molecule has 0 spiro atoms. The number of methoxy groups -OCH3 is 1. The van der Waals surface area contributed by atoms with E-state index in [9.17, 15) is 18.4 Å². The van der Waals surface area contributed by atoms with Gasteiger partial charge in [0.1, 0.15) is 17.4 Å². The quantitative estimate of drug-likeness (QED) is 0.346. The Hall–Kier alpha value is -2.68. The van der Waals surface area contributed by atoms with Crippen molar-refractivity contribution in [3.05, 3.63) is 85.3 Å². The van der Waals surface area contributed by atoms with Gasteiger partial charge in [0.2, 0.25) is 0 Å². The van der Waals surface area contributed by atoms with Crippen molar-refractivity contribution in [3.8, 4) is 16.9 Å². The van der Waals surface area contributed by atoms with Crippen LogP contribution >= 0.6 is 39.1 Å². The summed E-state index contributed by atoms with van der Waals surface area (Å²) in [6, 6.07) is 9.68. The summed E-state index contributed by atoms with van der Waals surface area (Å²) < 4.78 is 39.3. The largest absolute Gasteiger partial charge is 0.472 e. The number of esters is 1. The van der Waals surface area contributed by atoms with Crippen molar-refractivity contribution < 1.29 is 27.8 Å². The van der Waals surface area contributed by atoms with Gasteiger partial charge < -0.3 is 14.4 Å². The van der Waals surface area contributed by atoms with Crippen LogP contribution in [0.15, 0.2) is 46.9 Å². The Balaban J connectivity index is 1.68.